The van der Waals surface area contributed by atoms with Gasteiger partial charge >= 0.3 is 0 Å². The van der Waals surface area contributed by atoms with Crippen LogP contribution in [0.25, 0.3) is 0 Å². The molecule has 0 aromatic heterocycles. The first-order chi connectivity index (χ1) is 12.4. The summed E-state index contributed by atoms with van der Waals surface area (Å²) in [5.74, 6) is -1.60. The van der Waals surface area contributed by atoms with Gasteiger partial charge < -0.3 is 23.1 Å². The molecular formula is C17H23NO8S. The molecule has 0 spiro atoms. The number of ketones is 2. The highest BCUT2D eigenvalue weighted by Gasteiger charge is 2.27. The molecule has 0 saturated carbocycles. The molecule has 2 rings (SSSR count). The van der Waals surface area contributed by atoms with E-state index in [2.05, 4.69) is 25.3 Å². The maximum atomic E-state index is 11.8. The Bertz CT molecular complexity index is 837. The Kier molecular flexibility index (Phi) is 7.66. The third-order valence-electron chi connectivity index (χ3n) is 3.27. The van der Waals surface area contributed by atoms with Crippen LogP contribution in [0.5, 0.6) is 11.5 Å². The predicted octanol–water partition coefficient (Wildman–Crippen LogP) is 0.544. The average molecular weight is 401 g/mol. The van der Waals surface area contributed by atoms with Crippen LogP contribution in [0.4, 0.5) is 0 Å². The van der Waals surface area contributed by atoms with E-state index in [-0.39, 0.29) is 30.1 Å². The van der Waals surface area contributed by atoms with Gasteiger partial charge in [0.25, 0.3) is 10.4 Å². The molecule has 0 radical (unpaired) electrons. The molecule has 27 heavy (non-hydrogen) atoms. The number of nitrogens with zero attached hydrogens (tertiary/aromatic N) is 1. The van der Waals surface area contributed by atoms with Crippen molar-refractivity contribution in [2.24, 2.45) is 0 Å². The fourth-order valence-corrected chi connectivity index (χ4v) is 2.45. The van der Waals surface area contributed by atoms with Crippen molar-refractivity contribution in [3.63, 3.8) is 0 Å². The smallest absolute Gasteiger partial charge is 0.262 e. The zero-order valence-corrected chi connectivity index (χ0v) is 16.4. The summed E-state index contributed by atoms with van der Waals surface area (Å²) in [7, 11) is 1.14. The number of likely N-dealkylation sites (N-methyl/N-ethyl adjacent to an activating group) is 1. The summed E-state index contributed by atoms with van der Waals surface area (Å²) >= 11 is 0. The molecule has 0 saturated heterocycles. The number of benzene rings is 1. The van der Waals surface area contributed by atoms with E-state index < -0.39 is 27.7 Å². The summed E-state index contributed by atoms with van der Waals surface area (Å²) in [6.45, 7) is 2.81. The first-order valence-electron chi connectivity index (χ1n) is 8.02. The van der Waals surface area contributed by atoms with Gasteiger partial charge in [0.2, 0.25) is 0 Å². The highest BCUT2D eigenvalue weighted by atomic mass is 32.3. The maximum Gasteiger partial charge on any atom is 0.262 e. The Morgan fingerprint density at radius 3 is 2.15 bits per heavy atom. The number of carbonyl (C=O) groups excluding carboxylic acids is 2. The molecule has 1 aliphatic rings. The number of ether oxygens (including phenoxy) is 1. The number of hydrogen-bond donors (Lipinski definition) is 1. The second kappa shape index (κ2) is 9.09. The lowest BCUT2D eigenvalue weighted by Crippen LogP contribution is -2.36. The topological polar surface area (TPSA) is 130 Å². The first kappa shape index (κ1) is 22.8. The molecule has 0 unspecified atom stereocenters. The molecular weight excluding hydrogens is 378 g/mol. The molecule has 0 heterocycles. The van der Waals surface area contributed by atoms with Crippen molar-refractivity contribution < 1.29 is 41.1 Å². The zero-order chi connectivity index (χ0) is 20.8. The molecule has 9 nitrogen and oxygen atoms in total. The number of hydrogen-bond acceptors (Lipinski definition) is 8. The number of rotatable bonds is 6. The van der Waals surface area contributed by atoms with Crippen LogP contribution in [0.15, 0.2) is 24.3 Å². The van der Waals surface area contributed by atoms with E-state index in [0.717, 1.165) is 29.2 Å². The van der Waals surface area contributed by atoms with Gasteiger partial charge in [0.1, 0.15) is 6.54 Å². The van der Waals surface area contributed by atoms with Crippen molar-refractivity contribution in [3.8, 4) is 11.5 Å². The lowest BCUT2D eigenvalue weighted by molar-refractivity contribution is -0.870. The Morgan fingerprint density at radius 1 is 1.11 bits per heavy atom. The van der Waals surface area contributed by atoms with Gasteiger partial charge in [0, 0.05) is 5.56 Å². The number of carbonyl (C=O) groups is 2. The van der Waals surface area contributed by atoms with Gasteiger partial charge in [-0.2, -0.15) is 0 Å². The zero-order valence-electron chi connectivity index (χ0n) is 15.6. The number of aliphatic hydroxyl groups is 1. The summed E-state index contributed by atoms with van der Waals surface area (Å²) < 4.78 is 42.3. The highest BCUT2D eigenvalue weighted by Crippen LogP contribution is 2.36. The molecule has 1 aliphatic carbocycles. The molecule has 0 atom stereocenters. The van der Waals surface area contributed by atoms with Crippen LogP contribution in [0, 0.1) is 0 Å². The van der Waals surface area contributed by atoms with Gasteiger partial charge in [-0.3, -0.25) is 9.59 Å². The monoisotopic (exact) mass is 401 g/mol. The number of fused-ring (bicyclic) bond motifs is 1. The minimum absolute atomic E-state index is 0.0663. The van der Waals surface area contributed by atoms with Crippen LogP contribution in [0.3, 0.4) is 0 Å². The van der Waals surface area contributed by atoms with Crippen molar-refractivity contribution in [3.05, 3.63) is 35.4 Å². The van der Waals surface area contributed by atoms with Gasteiger partial charge in [0.15, 0.2) is 23.1 Å². The van der Waals surface area contributed by atoms with Crippen molar-refractivity contribution >= 4 is 22.0 Å². The van der Waals surface area contributed by atoms with Gasteiger partial charge in [-0.1, -0.05) is 0 Å². The lowest BCUT2D eigenvalue weighted by atomic mass is 9.93. The molecule has 0 amide bonds. The molecule has 1 aromatic rings. The fraction of sp³-hybridized carbons (Fsp3) is 0.412. The molecule has 150 valence electrons. The van der Waals surface area contributed by atoms with Crippen molar-refractivity contribution in [1.82, 2.24) is 0 Å². The summed E-state index contributed by atoms with van der Waals surface area (Å²) in [6.07, 6.45) is 2.15. The van der Waals surface area contributed by atoms with Crippen LogP contribution in [0.1, 0.15) is 27.6 Å². The number of quaternary nitrogens is 1. The largest absolute Gasteiger partial charge is 0.716 e. The SMILES string of the molecule is CCOc1c(OS(=O)(=O)[O-])ccc2c1C(=O)C=CC2=O.C[N+](C)(C)CCO. The van der Waals surface area contributed by atoms with E-state index in [1.165, 1.54) is 6.07 Å². The quantitative estimate of drug-likeness (QED) is 0.415. The first-order valence-corrected chi connectivity index (χ1v) is 9.36. The Morgan fingerprint density at radius 2 is 1.70 bits per heavy atom. The molecule has 0 bridgehead atoms. The normalized spacial score (nSPS) is 13.6. The molecule has 10 heteroatoms. The Labute approximate surface area is 158 Å². The fourth-order valence-electron chi connectivity index (χ4n) is 2.10. The third-order valence-corrected chi connectivity index (χ3v) is 3.65. The van der Waals surface area contributed by atoms with E-state index in [1.807, 2.05) is 0 Å². The van der Waals surface area contributed by atoms with Crippen LogP contribution in [-0.2, 0) is 10.4 Å². The van der Waals surface area contributed by atoms with Crippen molar-refractivity contribution in [2.75, 3.05) is 40.9 Å². The van der Waals surface area contributed by atoms with Crippen molar-refractivity contribution in [1.29, 1.82) is 0 Å². The Balaban J connectivity index is 0.000000445. The van der Waals surface area contributed by atoms with E-state index in [1.54, 1.807) is 6.92 Å². The number of allylic oxidation sites excluding steroid dienone is 2. The van der Waals surface area contributed by atoms with E-state index >= 15 is 0 Å². The van der Waals surface area contributed by atoms with E-state index in [9.17, 15) is 22.6 Å². The summed E-state index contributed by atoms with van der Waals surface area (Å²) in [4.78, 5) is 23.5. The van der Waals surface area contributed by atoms with E-state index in [4.69, 9.17) is 9.84 Å². The van der Waals surface area contributed by atoms with Crippen LogP contribution in [-0.4, -0.2) is 75.0 Å². The van der Waals surface area contributed by atoms with Gasteiger partial charge in [-0.25, -0.2) is 8.42 Å². The van der Waals surface area contributed by atoms with E-state index in [0.29, 0.717) is 0 Å². The maximum absolute atomic E-state index is 11.8. The van der Waals surface area contributed by atoms with Crippen LogP contribution < -0.4 is 8.92 Å². The van der Waals surface area contributed by atoms with Gasteiger partial charge in [0.05, 0.1) is 39.9 Å². The van der Waals surface area contributed by atoms with Gasteiger partial charge in [-0.05, 0) is 31.2 Å². The van der Waals surface area contributed by atoms with Crippen LogP contribution in [0.2, 0.25) is 0 Å². The summed E-state index contributed by atoms with van der Waals surface area (Å²) in [6, 6.07) is 2.31. The Hall–Kier alpha value is -2.27. The average Bonchev–Trinajstić information content (AvgIpc) is 2.51. The summed E-state index contributed by atoms with van der Waals surface area (Å²) in [5, 5.41) is 8.39. The molecule has 0 aliphatic heterocycles. The van der Waals surface area contributed by atoms with Crippen LogP contribution >= 0.6 is 0 Å². The standard InChI is InChI=1S/C12H10O7S.C5H14NO/c1-2-18-12-10(19-20(15,16)17)6-3-7-8(13)4-5-9(14)11(7)12;1-6(2,3)4-5-7/h3-6H,2H2,1H3,(H,15,16,17);7H,4-5H2,1-3H3/q;+1/p-1. The minimum atomic E-state index is -5.02. The highest BCUT2D eigenvalue weighted by molar-refractivity contribution is 7.81. The second-order valence-electron chi connectivity index (χ2n) is 6.54. The molecule has 1 N–H and O–H groups in total. The predicted molar refractivity (Wildman–Crippen MR) is 95.7 cm³/mol. The third kappa shape index (κ3) is 7.10. The van der Waals surface area contributed by atoms with Gasteiger partial charge in [-0.15, -0.1) is 0 Å². The number of aliphatic hydroxyl groups excluding tert-OH is 1. The molecule has 1 aromatic carbocycles. The molecule has 0 fully saturated rings. The lowest BCUT2D eigenvalue weighted by Gasteiger charge is -2.21. The minimum Gasteiger partial charge on any atom is -0.716 e. The second-order valence-corrected chi connectivity index (χ2v) is 7.52. The van der Waals surface area contributed by atoms with Crippen molar-refractivity contribution in [2.45, 2.75) is 6.92 Å². The summed E-state index contributed by atoms with van der Waals surface area (Å²) in [5.41, 5.74) is -0.0444.